The van der Waals surface area contributed by atoms with Gasteiger partial charge in [0.2, 0.25) is 0 Å². The van der Waals surface area contributed by atoms with Crippen molar-refractivity contribution in [3.8, 4) is 11.3 Å². The summed E-state index contributed by atoms with van der Waals surface area (Å²) in [5, 5.41) is 4.91. The van der Waals surface area contributed by atoms with Gasteiger partial charge in [-0.25, -0.2) is 14.8 Å². The highest BCUT2D eigenvalue weighted by atomic mass is 79.9. The summed E-state index contributed by atoms with van der Waals surface area (Å²) in [6.45, 7) is 1.47. The van der Waals surface area contributed by atoms with Crippen LogP contribution in [0.25, 0.3) is 11.3 Å². The van der Waals surface area contributed by atoms with Crippen LogP contribution in [0.2, 0.25) is 0 Å². The Hall–Kier alpha value is -2.78. The number of nitrogens with one attached hydrogen (secondary N) is 1. The lowest BCUT2D eigenvalue weighted by molar-refractivity contribution is -0.123. The second kappa shape index (κ2) is 8.28. The highest BCUT2D eigenvalue weighted by Gasteiger charge is 2.22. The second-order valence-electron chi connectivity index (χ2n) is 5.53. The molecule has 7 nitrogen and oxygen atoms in total. The number of hydrogen-bond acceptors (Lipinski definition) is 7. The molecule has 0 aliphatic carbocycles. The van der Waals surface area contributed by atoms with Crippen LogP contribution in [0.15, 0.2) is 52.4 Å². The summed E-state index contributed by atoms with van der Waals surface area (Å²) < 4.78 is 5.76. The molecule has 2 aromatic heterocycles. The second-order valence-corrected chi connectivity index (χ2v) is 7.30. The summed E-state index contributed by atoms with van der Waals surface area (Å²) in [5.41, 5.74) is 7.48. The number of nitrogens with zero attached hydrogens (tertiary/aromatic N) is 2. The molecule has 0 fully saturated rings. The lowest BCUT2D eigenvalue weighted by Gasteiger charge is -2.13. The Morgan fingerprint density at radius 3 is 2.78 bits per heavy atom. The third kappa shape index (κ3) is 4.69. The van der Waals surface area contributed by atoms with Gasteiger partial charge in [0.05, 0.1) is 5.69 Å². The fourth-order valence-electron chi connectivity index (χ4n) is 2.17. The summed E-state index contributed by atoms with van der Waals surface area (Å²) in [7, 11) is 0. The van der Waals surface area contributed by atoms with Crippen molar-refractivity contribution in [3.05, 3.63) is 58.0 Å². The zero-order chi connectivity index (χ0) is 19.4. The smallest absolute Gasteiger partial charge is 0.342 e. The molecule has 2 heterocycles. The molecular formula is C18H15BrN4O3S. The minimum Gasteiger partial charge on any atom is -0.449 e. The van der Waals surface area contributed by atoms with E-state index < -0.39 is 18.0 Å². The molecule has 0 bridgehead atoms. The number of ether oxygens (including phenoxy) is 1. The van der Waals surface area contributed by atoms with Crippen LogP contribution in [-0.2, 0) is 9.53 Å². The maximum atomic E-state index is 12.3. The molecule has 138 valence electrons. The average Bonchev–Trinajstić information content (AvgIpc) is 3.12. The first kappa shape index (κ1) is 19.0. The van der Waals surface area contributed by atoms with Gasteiger partial charge in [-0.3, -0.25) is 10.1 Å². The summed E-state index contributed by atoms with van der Waals surface area (Å²) in [6, 6.07) is 11.1. The van der Waals surface area contributed by atoms with Gasteiger partial charge in [0.25, 0.3) is 5.91 Å². The molecule has 9 heteroatoms. The van der Waals surface area contributed by atoms with Crippen LogP contribution < -0.4 is 11.1 Å². The number of nitrogen functional groups attached to an aromatic ring is 1. The number of amides is 1. The fraction of sp³-hybridized carbons (Fsp3) is 0.111. The van der Waals surface area contributed by atoms with E-state index in [-0.39, 0.29) is 11.4 Å². The quantitative estimate of drug-likeness (QED) is 0.578. The number of thiazole rings is 1. The Bertz CT molecular complexity index is 978. The predicted molar refractivity (Wildman–Crippen MR) is 107 cm³/mol. The SMILES string of the molecule is CC(OC(=O)c1cc(Br)cnc1N)C(=O)Nc1nc(-c2ccccc2)cs1. The van der Waals surface area contributed by atoms with Crippen LogP contribution in [0, 0.1) is 0 Å². The summed E-state index contributed by atoms with van der Waals surface area (Å²) in [4.78, 5) is 32.8. The minimum absolute atomic E-state index is 0.0308. The van der Waals surface area contributed by atoms with Crippen molar-refractivity contribution in [2.75, 3.05) is 11.1 Å². The number of aromatic nitrogens is 2. The average molecular weight is 447 g/mol. The van der Waals surface area contributed by atoms with E-state index in [1.165, 1.54) is 30.5 Å². The molecule has 0 aliphatic rings. The number of rotatable bonds is 5. The molecule has 1 atom stereocenters. The van der Waals surface area contributed by atoms with E-state index in [4.69, 9.17) is 10.5 Å². The number of esters is 1. The molecule has 1 amide bonds. The molecule has 3 rings (SSSR count). The highest BCUT2D eigenvalue weighted by molar-refractivity contribution is 9.10. The summed E-state index contributed by atoms with van der Waals surface area (Å²) in [6.07, 6.45) is 0.439. The van der Waals surface area contributed by atoms with Crippen molar-refractivity contribution >= 4 is 50.1 Å². The standard InChI is InChI=1S/C18H15BrN4O3S/c1-10(26-17(25)13-7-12(19)8-21-15(13)20)16(24)23-18-22-14(9-27-18)11-5-3-2-4-6-11/h2-10H,1H3,(H2,20,21)(H,22,23,24). The molecule has 27 heavy (non-hydrogen) atoms. The maximum Gasteiger partial charge on any atom is 0.342 e. The molecule has 0 saturated carbocycles. The first-order valence-electron chi connectivity index (χ1n) is 7.88. The molecule has 0 spiro atoms. The molecule has 1 aromatic carbocycles. The topological polar surface area (TPSA) is 107 Å². The van der Waals surface area contributed by atoms with Gasteiger partial charge in [0.1, 0.15) is 11.4 Å². The molecule has 0 saturated heterocycles. The van der Waals surface area contributed by atoms with E-state index in [9.17, 15) is 9.59 Å². The van der Waals surface area contributed by atoms with E-state index in [0.717, 1.165) is 11.3 Å². The first-order valence-corrected chi connectivity index (χ1v) is 9.55. The Morgan fingerprint density at radius 2 is 2.04 bits per heavy atom. The van der Waals surface area contributed by atoms with Crippen molar-refractivity contribution in [3.63, 3.8) is 0 Å². The van der Waals surface area contributed by atoms with Crippen molar-refractivity contribution in [1.82, 2.24) is 9.97 Å². The number of halogens is 1. The Labute approximate surface area is 167 Å². The van der Waals surface area contributed by atoms with E-state index in [2.05, 4.69) is 31.2 Å². The number of pyridine rings is 1. The molecule has 1 unspecified atom stereocenters. The number of nitrogens with two attached hydrogens (primary N) is 1. The monoisotopic (exact) mass is 446 g/mol. The van der Waals surface area contributed by atoms with Gasteiger partial charge >= 0.3 is 5.97 Å². The first-order chi connectivity index (χ1) is 12.9. The van der Waals surface area contributed by atoms with Crippen LogP contribution in [0.1, 0.15) is 17.3 Å². The summed E-state index contributed by atoms with van der Waals surface area (Å²) in [5.74, 6) is -1.19. The van der Waals surface area contributed by atoms with Gasteiger partial charge in [-0.1, -0.05) is 30.3 Å². The van der Waals surface area contributed by atoms with Crippen LogP contribution in [-0.4, -0.2) is 27.9 Å². The van der Waals surface area contributed by atoms with Crippen molar-refractivity contribution in [2.45, 2.75) is 13.0 Å². The minimum atomic E-state index is -1.03. The van der Waals surface area contributed by atoms with Gasteiger partial charge < -0.3 is 10.5 Å². The van der Waals surface area contributed by atoms with Gasteiger partial charge in [-0.05, 0) is 28.9 Å². The van der Waals surface area contributed by atoms with Crippen LogP contribution in [0.4, 0.5) is 10.9 Å². The van der Waals surface area contributed by atoms with Crippen LogP contribution in [0.3, 0.4) is 0 Å². The van der Waals surface area contributed by atoms with Crippen molar-refractivity contribution < 1.29 is 14.3 Å². The van der Waals surface area contributed by atoms with Gasteiger partial charge in [0, 0.05) is 21.6 Å². The van der Waals surface area contributed by atoms with E-state index in [0.29, 0.717) is 9.60 Å². The molecular weight excluding hydrogens is 432 g/mol. The Kier molecular flexibility index (Phi) is 5.82. The third-order valence-electron chi connectivity index (χ3n) is 3.56. The zero-order valence-corrected chi connectivity index (χ0v) is 16.6. The lowest BCUT2D eigenvalue weighted by atomic mass is 10.2. The third-order valence-corrected chi connectivity index (χ3v) is 4.75. The van der Waals surface area contributed by atoms with E-state index in [1.54, 1.807) is 0 Å². The van der Waals surface area contributed by atoms with E-state index >= 15 is 0 Å². The summed E-state index contributed by atoms with van der Waals surface area (Å²) >= 11 is 4.50. The van der Waals surface area contributed by atoms with Crippen LogP contribution in [0.5, 0.6) is 0 Å². The maximum absolute atomic E-state index is 12.3. The Morgan fingerprint density at radius 1 is 1.30 bits per heavy atom. The molecule has 0 radical (unpaired) electrons. The number of hydrogen-bond donors (Lipinski definition) is 2. The Balaban J connectivity index is 1.63. The van der Waals surface area contributed by atoms with Gasteiger partial charge in [-0.15, -0.1) is 11.3 Å². The highest BCUT2D eigenvalue weighted by Crippen LogP contribution is 2.25. The van der Waals surface area contributed by atoms with Gasteiger partial charge in [-0.2, -0.15) is 0 Å². The molecule has 3 N–H and O–H groups in total. The fourth-order valence-corrected chi connectivity index (χ4v) is 3.22. The number of benzene rings is 1. The largest absolute Gasteiger partial charge is 0.449 e. The number of anilines is 2. The van der Waals surface area contributed by atoms with Gasteiger partial charge in [0.15, 0.2) is 11.2 Å². The molecule has 3 aromatic rings. The number of carbonyl (C=O) groups excluding carboxylic acids is 2. The number of carbonyl (C=O) groups is 2. The zero-order valence-electron chi connectivity index (χ0n) is 14.2. The lowest BCUT2D eigenvalue weighted by Crippen LogP contribution is -2.30. The van der Waals surface area contributed by atoms with Crippen molar-refractivity contribution in [2.24, 2.45) is 0 Å². The van der Waals surface area contributed by atoms with Crippen molar-refractivity contribution in [1.29, 1.82) is 0 Å². The normalized spacial score (nSPS) is 11.6. The van der Waals surface area contributed by atoms with Crippen LogP contribution >= 0.6 is 27.3 Å². The molecule has 0 aliphatic heterocycles. The van der Waals surface area contributed by atoms with E-state index in [1.807, 2.05) is 35.7 Å². The predicted octanol–water partition coefficient (Wildman–Crippen LogP) is 3.73.